The molecule has 94 valence electrons. The Morgan fingerprint density at radius 2 is 2.24 bits per heavy atom. The van der Waals surface area contributed by atoms with Gasteiger partial charge in [-0.2, -0.15) is 0 Å². The van der Waals surface area contributed by atoms with Gasteiger partial charge in [0.05, 0.1) is 12.7 Å². The quantitative estimate of drug-likeness (QED) is 0.878. The molecule has 0 spiro atoms. The number of nitrogens with one attached hydrogen (secondary N) is 1. The zero-order valence-electron chi connectivity index (χ0n) is 10.0. The molecule has 0 unspecified atom stereocenters. The van der Waals surface area contributed by atoms with Crippen LogP contribution in [-0.4, -0.2) is 24.4 Å². The van der Waals surface area contributed by atoms with Gasteiger partial charge in [0, 0.05) is 17.6 Å². The van der Waals surface area contributed by atoms with Gasteiger partial charge in [0.25, 0.3) is 0 Å². The Morgan fingerprint density at radius 1 is 1.47 bits per heavy atom. The number of aliphatic hydroxyl groups is 1. The fourth-order valence-corrected chi connectivity index (χ4v) is 2.39. The number of hydrogen-bond acceptors (Lipinski definition) is 3. The summed E-state index contributed by atoms with van der Waals surface area (Å²) in [5.74, 6) is 0.854. The van der Waals surface area contributed by atoms with Gasteiger partial charge >= 0.3 is 0 Å². The van der Waals surface area contributed by atoms with Crippen LogP contribution in [0.5, 0.6) is 5.75 Å². The van der Waals surface area contributed by atoms with E-state index in [-0.39, 0.29) is 0 Å². The molecule has 0 atom stereocenters. The third kappa shape index (κ3) is 3.21. The van der Waals surface area contributed by atoms with Crippen molar-refractivity contribution in [1.82, 2.24) is 5.32 Å². The Bertz CT molecular complexity index is 391. The molecular weight excluding hydrogens is 282 g/mol. The lowest BCUT2D eigenvalue weighted by molar-refractivity contribution is -0.0314. The largest absolute Gasteiger partial charge is 0.497 e. The first-order valence-corrected chi connectivity index (χ1v) is 6.68. The van der Waals surface area contributed by atoms with Crippen LogP contribution in [0.2, 0.25) is 0 Å². The SMILES string of the molecule is COc1ccc(Br)c(CNCC2(O)CCC2)c1. The first kappa shape index (κ1) is 12.9. The fraction of sp³-hybridized carbons (Fsp3) is 0.538. The van der Waals surface area contributed by atoms with Crippen molar-refractivity contribution >= 4 is 15.9 Å². The van der Waals surface area contributed by atoms with E-state index in [0.717, 1.165) is 41.6 Å². The molecule has 3 nitrogen and oxygen atoms in total. The second-order valence-corrected chi connectivity index (χ2v) is 5.49. The van der Waals surface area contributed by atoms with Crippen molar-refractivity contribution in [3.8, 4) is 5.75 Å². The van der Waals surface area contributed by atoms with Crippen molar-refractivity contribution < 1.29 is 9.84 Å². The van der Waals surface area contributed by atoms with E-state index in [4.69, 9.17) is 4.74 Å². The normalized spacial score (nSPS) is 17.6. The van der Waals surface area contributed by atoms with Crippen LogP contribution in [0.3, 0.4) is 0 Å². The Labute approximate surface area is 110 Å². The zero-order valence-corrected chi connectivity index (χ0v) is 11.6. The van der Waals surface area contributed by atoms with Gasteiger partial charge in [0.1, 0.15) is 5.75 Å². The van der Waals surface area contributed by atoms with Crippen LogP contribution in [-0.2, 0) is 6.54 Å². The van der Waals surface area contributed by atoms with E-state index in [9.17, 15) is 5.11 Å². The number of benzene rings is 1. The van der Waals surface area contributed by atoms with Crippen LogP contribution in [0.25, 0.3) is 0 Å². The van der Waals surface area contributed by atoms with E-state index < -0.39 is 5.60 Å². The summed E-state index contributed by atoms with van der Waals surface area (Å²) in [6.07, 6.45) is 2.97. The van der Waals surface area contributed by atoms with Crippen molar-refractivity contribution in [2.24, 2.45) is 0 Å². The summed E-state index contributed by atoms with van der Waals surface area (Å²) in [5.41, 5.74) is 0.679. The molecule has 2 N–H and O–H groups in total. The summed E-state index contributed by atoms with van der Waals surface area (Å²) in [6, 6.07) is 5.91. The Balaban J connectivity index is 1.89. The molecule has 1 saturated carbocycles. The van der Waals surface area contributed by atoms with Crippen LogP contribution in [0.1, 0.15) is 24.8 Å². The minimum atomic E-state index is -0.467. The maximum Gasteiger partial charge on any atom is 0.119 e. The van der Waals surface area contributed by atoms with E-state index in [1.165, 1.54) is 0 Å². The Hall–Kier alpha value is -0.580. The average Bonchev–Trinajstić information content (AvgIpc) is 2.29. The summed E-state index contributed by atoms with van der Waals surface area (Å²) < 4.78 is 6.25. The molecule has 0 aromatic heterocycles. The molecule has 0 radical (unpaired) electrons. The molecule has 1 fully saturated rings. The Morgan fingerprint density at radius 3 is 2.82 bits per heavy atom. The average molecular weight is 300 g/mol. The number of ether oxygens (including phenoxy) is 1. The third-order valence-corrected chi connectivity index (χ3v) is 4.08. The molecule has 0 aliphatic heterocycles. The lowest BCUT2D eigenvalue weighted by Gasteiger charge is -2.36. The van der Waals surface area contributed by atoms with Crippen molar-refractivity contribution in [1.29, 1.82) is 0 Å². The molecule has 0 saturated heterocycles. The second-order valence-electron chi connectivity index (χ2n) is 4.64. The monoisotopic (exact) mass is 299 g/mol. The highest BCUT2D eigenvalue weighted by Gasteiger charge is 2.33. The fourth-order valence-electron chi connectivity index (χ4n) is 2.01. The molecular formula is C13H18BrNO2. The summed E-state index contributed by atoms with van der Waals surface area (Å²) in [7, 11) is 1.66. The highest BCUT2D eigenvalue weighted by atomic mass is 79.9. The van der Waals surface area contributed by atoms with Gasteiger partial charge in [-0.15, -0.1) is 0 Å². The van der Waals surface area contributed by atoms with Crippen LogP contribution < -0.4 is 10.1 Å². The van der Waals surface area contributed by atoms with E-state index in [1.54, 1.807) is 7.11 Å². The highest BCUT2D eigenvalue weighted by molar-refractivity contribution is 9.10. The van der Waals surface area contributed by atoms with Crippen molar-refractivity contribution in [2.45, 2.75) is 31.4 Å². The standard InChI is InChI=1S/C13H18BrNO2/c1-17-11-3-4-12(14)10(7-11)8-15-9-13(16)5-2-6-13/h3-4,7,15-16H,2,5-6,8-9H2,1H3. The molecule has 1 aromatic rings. The van der Waals surface area contributed by atoms with Crippen molar-refractivity contribution in [2.75, 3.05) is 13.7 Å². The highest BCUT2D eigenvalue weighted by Crippen LogP contribution is 2.31. The molecule has 17 heavy (non-hydrogen) atoms. The minimum Gasteiger partial charge on any atom is -0.497 e. The molecule has 1 aliphatic rings. The van der Waals surface area contributed by atoms with Crippen LogP contribution >= 0.6 is 15.9 Å². The van der Waals surface area contributed by atoms with Gasteiger partial charge in [0.15, 0.2) is 0 Å². The van der Waals surface area contributed by atoms with Gasteiger partial charge in [-0.3, -0.25) is 0 Å². The van der Waals surface area contributed by atoms with Crippen molar-refractivity contribution in [3.05, 3.63) is 28.2 Å². The third-order valence-electron chi connectivity index (χ3n) is 3.31. The van der Waals surface area contributed by atoms with E-state index in [0.29, 0.717) is 6.54 Å². The minimum absolute atomic E-state index is 0.467. The van der Waals surface area contributed by atoms with E-state index >= 15 is 0 Å². The molecule has 0 heterocycles. The first-order valence-electron chi connectivity index (χ1n) is 5.88. The maximum absolute atomic E-state index is 9.96. The van der Waals surface area contributed by atoms with Gasteiger partial charge in [-0.05, 0) is 43.0 Å². The molecule has 4 heteroatoms. The van der Waals surface area contributed by atoms with E-state index in [1.807, 2.05) is 18.2 Å². The predicted molar refractivity (Wildman–Crippen MR) is 71.2 cm³/mol. The number of hydrogen-bond donors (Lipinski definition) is 2. The summed E-state index contributed by atoms with van der Waals surface area (Å²) in [4.78, 5) is 0. The number of rotatable bonds is 5. The molecule has 0 bridgehead atoms. The molecule has 0 amide bonds. The predicted octanol–water partition coefficient (Wildman–Crippen LogP) is 2.46. The summed E-state index contributed by atoms with van der Waals surface area (Å²) in [6.45, 7) is 1.40. The summed E-state index contributed by atoms with van der Waals surface area (Å²) >= 11 is 3.51. The maximum atomic E-state index is 9.96. The molecule has 1 aromatic carbocycles. The lowest BCUT2D eigenvalue weighted by atomic mass is 9.80. The number of methoxy groups -OCH3 is 1. The van der Waals surface area contributed by atoms with Crippen molar-refractivity contribution in [3.63, 3.8) is 0 Å². The van der Waals surface area contributed by atoms with Crippen LogP contribution in [0, 0.1) is 0 Å². The lowest BCUT2D eigenvalue weighted by Crippen LogP contribution is -2.46. The summed E-state index contributed by atoms with van der Waals surface area (Å²) in [5, 5.41) is 13.3. The Kier molecular flexibility index (Phi) is 4.07. The van der Waals surface area contributed by atoms with Gasteiger partial charge < -0.3 is 15.2 Å². The zero-order chi connectivity index (χ0) is 12.3. The molecule has 2 rings (SSSR count). The van der Waals surface area contributed by atoms with E-state index in [2.05, 4.69) is 21.2 Å². The second kappa shape index (κ2) is 5.38. The first-order chi connectivity index (χ1) is 8.13. The smallest absolute Gasteiger partial charge is 0.119 e. The topological polar surface area (TPSA) is 41.5 Å². The number of halogens is 1. The van der Waals surface area contributed by atoms with Crippen LogP contribution in [0.15, 0.2) is 22.7 Å². The van der Waals surface area contributed by atoms with Crippen LogP contribution in [0.4, 0.5) is 0 Å². The van der Waals surface area contributed by atoms with Gasteiger partial charge in [-0.25, -0.2) is 0 Å². The van der Waals surface area contributed by atoms with Gasteiger partial charge in [-0.1, -0.05) is 15.9 Å². The van der Waals surface area contributed by atoms with Gasteiger partial charge in [0.2, 0.25) is 0 Å². The molecule has 1 aliphatic carbocycles.